The minimum atomic E-state index is -0.227. The Kier molecular flexibility index (Phi) is 3.05. The molecule has 0 aromatic heterocycles. The molecule has 2 unspecified atom stereocenters. The SMILES string of the molecule is CC1C(CC(N)=O)NCCN1C. The van der Waals surface area contributed by atoms with Gasteiger partial charge in [-0.25, -0.2) is 0 Å². The van der Waals surface area contributed by atoms with Gasteiger partial charge in [0.2, 0.25) is 5.91 Å². The zero-order valence-corrected chi connectivity index (χ0v) is 7.71. The molecule has 0 aromatic carbocycles. The topological polar surface area (TPSA) is 58.4 Å². The molecule has 0 saturated carbocycles. The average molecular weight is 171 g/mol. The van der Waals surface area contributed by atoms with E-state index in [4.69, 9.17) is 5.73 Å². The molecule has 0 aliphatic carbocycles. The van der Waals surface area contributed by atoms with Crippen LogP contribution >= 0.6 is 0 Å². The van der Waals surface area contributed by atoms with Crippen molar-refractivity contribution in [1.29, 1.82) is 0 Å². The highest BCUT2D eigenvalue weighted by atomic mass is 16.1. The van der Waals surface area contributed by atoms with E-state index < -0.39 is 0 Å². The number of nitrogens with two attached hydrogens (primary N) is 1. The highest BCUT2D eigenvalue weighted by Gasteiger charge is 2.25. The van der Waals surface area contributed by atoms with E-state index in [-0.39, 0.29) is 11.9 Å². The number of carbonyl (C=O) groups excluding carboxylic acids is 1. The number of amides is 1. The molecule has 1 aliphatic heterocycles. The van der Waals surface area contributed by atoms with E-state index in [9.17, 15) is 4.79 Å². The third-order valence-corrected chi connectivity index (χ3v) is 2.57. The Hall–Kier alpha value is -0.610. The Morgan fingerprint density at radius 2 is 2.42 bits per heavy atom. The number of nitrogens with one attached hydrogen (secondary N) is 1. The van der Waals surface area contributed by atoms with Crippen molar-refractivity contribution < 1.29 is 4.79 Å². The van der Waals surface area contributed by atoms with Crippen molar-refractivity contribution in [3.8, 4) is 0 Å². The van der Waals surface area contributed by atoms with E-state index >= 15 is 0 Å². The molecule has 12 heavy (non-hydrogen) atoms. The Morgan fingerprint density at radius 1 is 1.75 bits per heavy atom. The van der Waals surface area contributed by atoms with E-state index in [1.54, 1.807) is 0 Å². The van der Waals surface area contributed by atoms with Crippen LogP contribution in [0.5, 0.6) is 0 Å². The summed E-state index contributed by atoms with van der Waals surface area (Å²) in [5, 5.41) is 3.29. The van der Waals surface area contributed by atoms with Crippen LogP contribution in [0.1, 0.15) is 13.3 Å². The third kappa shape index (κ3) is 2.19. The first-order valence-corrected chi connectivity index (χ1v) is 4.33. The Balaban J connectivity index is 2.46. The number of carbonyl (C=O) groups is 1. The van der Waals surface area contributed by atoms with E-state index in [2.05, 4.69) is 24.2 Å². The van der Waals surface area contributed by atoms with Crippen molar-refractivity contribution in [3.05, 3.63) is 0 Å². The number of primary amides is 1. The largest absolute Gasteiger partial charge is 0.370 e. The van der Waals surface area contributed by atoms with E-state index in [0.29, 0.717) is 12.5 Å². The molecule has 3 N–H and O–H groups in total. The number of hydrogen-bond acceptors (Lipinski definition) is 3. The lowest BCUT2D eigenvalue weighted by Crippen LogP contribution is -2.56. The van der Waals surface area contributed by atoms with Crippen LogP contribution in [0.25, 0.3) is 0 Å². The molecule has 1 saturated heterocycles. The summed E-state index contributed by atoms with van der Waals surface area (Å²) >= 11 is 0. The third-order valence-electron chi connectivity index (χ3n) is 2.57. The first-order chi connectivity index (χ1) is 5.61. The van der Waals surface area contributed by atoms with Crippen molar-refractivity contribution in [2.75, 3.05) is 20.1 Å². The molecule has 0 radical (unpaired) electrons. The average Bonchev–Trinajstić information content (AvgIpc) is 1.98. The summed E-state index contributed by atoms with van der Waals surface area (Å²) in [5.41, 5.74) is 5.13. The van der Waals surface area contributed by atoms with E-state index in [1.807, 2.05) is 0 Å². The monoisotopic (exact) mass is 171 g/mol. The van der Waals surface area contributed by atoms with Crippen molar-refractivity contribution >= 4 is 5.91 Å². The maximum absolute atomic E-state index is 10.7. The molecule has 1 rings (SSSR count). The molecule has 2 atom stereocenters. The zero-order chi connectivity index (χ0) is 9.14. The highest BCUT2D eigenvalue weighted by molar-refractivity contribution is 5.74. The van der Waals surface area contributed by atoms with Gasteiger partial charge in [0.25, 0.3) is 0 Å². The lowest BCUT2D eigenvalue weighted by molar-refractivity contribution is -0.119. The van der Waals surface area contributed by atoms with Crippen molar-refractivity contribution in [1.82, 2.24) is 10.2 Å². The molecule has 0 aromatic rings. The minimum absolute atomic E-state index is 0.223. The zero-order valence-electron chi connectivity index (χ0n) is 7.71. The van der Waals surface area contributed by atoms with Gasteiger partial charge in [0.15, 0.2) is 0 Å². The van der Waals surface area contributed by atoms with Gasteiger partial charge in [0, 0.05) is 31.6 Å². The van der Waals surface area contributed by atoms with Crippen molar-refractivity contribution in [2.24, 2.45) is 5.73 Å². The highest BCUT2D eigenvalue weighted by Crippen LogP contribution is 2.08. The fourth-order valence-corrected chi connectivity index (χ4v) is 1.57. The lowest BCUT2D eigenvalue weighted by atomic mass is 10.0. The normalized spacial score (nSPS) is 31.8. The van der Waals surface area contributed by atoms with Crippen LogP contribution in [0.2, 0.25) is 0 Å². The number of likely N-dealkylation sites (N-methyl/N-ethyl adjacent to an activating group) is 1. The second-order valence-corrected chi connectivity index (χ2v) is 3.45. The van der Waals surface area contributed by atoms with Gasteiger partial charge in [0.1, 0.15) is 0 Å². The van der Waals surface area contributed by atoms with Gasteiger partial charge < -0.3 is 16.0 Å². The van der Waals surface area contributed by atoms with Crippen LogP contribution in [0, 0.1) is 0 Å². The molecule has 4 nitrogen and oxygen atoms in total. The summed E-state index contributed by atoms with van der Waals surface area (Å²) in [7, 11) is 2.07. The van der Waals surface area contributed by atoms with Crippen molar-refractivity contribution in [3.63, 3.8) is 0 Å². The number of nitrogens with zero attached hydrogens (tertiary/aromatic N) is 1. The molecule has 70 valence electrons. The molecular weight excluding hydrogens is 154 g/mol. The summed E-state index contributed by atoms with van der Waals surface area (Å²) in [4.78, 5) is 12.9. The number of rotatable bonds is 2. The van der Waals surface area contributed by atoms with Gasteiger partial charge in [-0.3, -0.25) is 4.79 Å². The molecule has 0 bridgehead atoms. The molecule has 1 aliphatic rings. The number of piperazine rings is 1. The number of hydrogen-bond donors (Lipinski definition) is 2. The predicted molar refractivity (Wildman–Crippen MR) is 47.7 cm³/mol. The fraction of sp³-hybridized carbons (Fsp3) is 0.875. The fourth-order valence-electron chi connectivity index (χ4n) is 1.57. The van der Waals surface area contributed by atoms with Crippen LogP contribution in [0.3, 0.4) is 0 Å². The quantitative estimate of drug-likeness (QED) is 0.569. The van der Waals surface area contributed by atoms with Gasteiger partial charge in [-0.05, 0) is 14.0 Å². The molecular formula is C8H17N3O. The van der Waals surface area contributed by atoms with Gasteiger partial charge in [-0.2, -0.15) is 0 Å². The standard InChI is InChI=1S/C8H17N3O/c1-6-7(5-8(9)12)10-3-4-11(6)2/h6-7,10H,3-5H2,1-2H3,(H2,9,12). The summed E-state index contributed by atoms with van der Waals surface area (Å²) < 4.78 is 0. The van der Waals surface area contributed by atoms with Gasteiger partial charge in [-0.1, -0.05) is 0 Å². The lowest BCUT2D eigenvalue weighted by Gasteiger charge is -2.37. The van der Waals surface area contributed by atoms with Crippen LogP contribution in [-0.2, 0) is 4.79 Å². The molecule has 0 spiro atoms. The van der Waals surface area contributed by atoms with E-state index in [0.717, 1.165) is 13.1 Å². The molecule has 1 fully saturated rings. The smallest absolute Gasteiger partial charge is 0.219 e. The summed E-state index contributed by atoms with van der Waals surface area (Å²) in [6.07, 6.45) is 0.436. The van der Waals surface area contributed by atoms with Gasteiger partial charge in [0.05, 0.1) is 0 Å². The molecule has 1 heterocycles. The second-order valence-electron chi connectivity index (χ2n) is 3.45. The summed E-state index contributed by atoms with van der Waals surface area (Å²) in [6, 6.07) is 0.618. The minimum Gasteiger partial charge on any atom is -0.370 e. The van der Waals surface area contributed by atoms with Crippen LogP contribution in [0.15, 0.2) is 0 Å². The summed E-state index contributed by atoms with van der Waals surface area (Å²) in [6.45, 7) is 4.09. The van der Waals surface area contributed by atoms with Gasteiger partial charge in [-0.15, -0.1) is 0 Å². The Morgan fingerprint density at radius 3 is 3.00 bits per heavy atom. The van der Waals surface area contributed by atoms with E-state index in [1.165, 1.54) is 0 Å². The van der Waals surface area contributed by atoms with Crippen LogP contribution in [0.4, 0.5) is 0 Å². The first kappa shape index (κ1) is 9.48. The maximum Gasteiger partial charge on any atom is 0.219 e. The molecule has 1 amide bonds. The Bertz CT molecular complexity index is 172. The summed E-state index contributed by atoms with van der Waals surface area (Å²) in [5.74, 6) is -0.227. The maximum atomic E-state index is 10.7. The van der Waals surface area contributed by atoms with Crippen LogP contribution < -0.4 is 11.1 Å². The van der Waals surface area contributed by atoms with Crippen molar-refractivity contribution in [2.45, 2.75) is 25.4 Å². The van der Waals surface area contributed by atoms with Crippen LogP contribution in [-0.4, -0.2) is 43.0 Å². The second kappa shape index (κ2) is 3.87. The Labute approximate surface area is 73.1 Å². The predicted octanol–water partition coefficient (Wildman–Crippen LogP) is -0.846. The van der Waals surface area contributed by atoms with Gasteiger partial charge >= 0.3 is 0 Å². The molecule has 4 heteroatoms. The first-order valence-electron chi connectivity index (χ1n) is 4.33.